The van der Waals surface area contributed by atoms with E-state index in [9.17, 15) is 4.21 Å². The molecule has 0 radical (unpaired) electrons. The summed E-state index contributed by atoms with van der Waals surface area (Å²) in [5.74, 6) is 0.446. The van der Waals surface area contributed by atoms with Gasteiger partial charge in [0.25, 0.3) is 0 Å². The molecule has 18 heavy (non-hydrogen) atoms. The first-order valence-electron chi connectivity index (χ1n) is 5.33. The molecule has 1 heterocycles. The van der Waals surface area contributed by atoms with Crippen molar-refractivity contribution >= 4 is 43.8 Å². The number of anilines is 1. The maximum atomic E-state index is 12.3. The molecule has 0 fully saturated rings. The number of nitrogens with zero attached hydrogens (tertiary/aromatic N) is 1. The van der Waals surface area contributed by atoms with Crippen LogP contribution in [0.25, 0.3) is 0 Å². The van der Waals surface area contributed by atoms with Gasteiger partial charge in [0.05, 0.1) is 27.1 Å². The number of rotatable bonds is 3. The summed E-state index contributed by atoms with van der Waals surface area (Å²) in [5.41, 5.74) is 7.34. The number of nitrogen functional groups attached to an aromatic ring is 1. The fraction of sp³-hybridized carbons (Fsp3) is 0.250. The van der Waals surface area contributed by atoms with Crippen LogP contribution < -0.4 is 5.73 Å². The molecule has 1 aromatic carbocycles. The molecule has 0 bridgehead atoms. The number of aryl methyl sites for hydroxylation is 2. The van der Waals surface area contributed by atoms with Crippen LogP contribution in [0.3, 0.4) is 0 Å². The van der Waals surface area contributed by atoms with Gasteiger partial charge in [0.15, 0.2) is 0 Å². The lowest BCUT2D eigenvalue weighted by molar-refractivity contribution is 0.682. The van der Waals surface area contributed by atoms with Crippen LogP contribution in [0.5, 0.6) is 0 Å². The number of benzene rings is 1. The number of hydrogen-bond donors (Lipinski definition) is 1. The Morgan fingerprint density at radius 1 is 1.44 bits per heavy atom. The zero-order valence-corrected chi connectivity index (χ0v) is 13.3. The predicted molar refractivity (Wildman–Crippen MR) is 80.3 cm³/mol. The van der Waals surface area contributed by atoms with Crippen LogP contribution in [0, 0.1) is 13.8 Å². The largest absolute Gasteiger partial charge is 0.399 e. The zero-order chi connectivity index (χ0) is 13.3. The van der Waals surface area contributed by atoms with Crippen LogP contribution >= 0.6 is 27.3 Å². The second kappa shape index (κ2) is 5.50. The fourth-order valence-corrected chi connectivity index (χ4v) is 4.66. The summed E-state index contributed by atoms with van der Waals surface area (Å²) in [6.07, 6.45) is 0. The highest BCUT2D eigenvalue weighted by molar-refractivity contribution is 9.10. The lowest BCUT2D eigenvalue weighted by atomic mass is 10.3. The highest BCUT2D eigenvalue weighted by Gasteiger charge is 2.12. The standard InChI is InChI=1S/C12H13BrN2OS2/c1-7-8(2)17-12(15-7)6-18(16)11-4-3-9(14)5-10(11)13/h3-5H,6,14H2,1-2H3. The molecule has 96 valence electrons. The number of hydrogen-bond acceptors (Lipinski definition) is 4. The summed E-state index contributed by atoms with van der Waals surface area (Å²) < 4.78 is 13.1. The lowest BCUT2D eigenvalue weighted by Crippen LogP contribution is -1.98. The Hall–Kier alpha value is -0.720. The van der Waals surface area contributed by atoms with Crippen LogP contribution in [0.4, 0.5) is 5.69 Å². The fourth-order valence-electron chi connectivity index (χ4n) is 1.49. The van der Waals surface area contributed by atoms with Gasteiger partial charge >= 0.3 is 0 Å². The molecule has 0 spiro atoms. The molecule has 0 saturated carbocycles. The Morgan fingerprint density at radius 2 is 2.17 bits per heavy atom. The molecule has 1 atom stereocenters. The predicted octanol–water partition coefficient (Wildman–Crippen LogP) is 3.41. The van der Waals surface area contributed by atoms with E-state index in [1.807, 2.05) is 13.8 Å². The lowest BCUT2D eigenvalue weighted by Gasteiger charge is -2.04. The van der Waals surface area contributed by atoms with Crippen LogP contribution in [0.15, 0.2) is 27.6 Å². The van der Waals surface area contributed by atoms with Gasteiger partial charge in [-0.1, -0.05) is 0 Å². The van der Waals surface area contributed by atoms with E-state index in [-0.39, 0.29) is 0 Å². The minimum Gasteiger partial charge on any atom is -0.399 e. The molecule has 0 saturated heterocycles. The second-order valence-corrected chi connectivity index (χ2v) is 7.49. The molecular weight excluding hydrogens is 332 g/mol. The summed E-state index contributed by atoms with van der Waals surface area (Å²) in [6.45, 7) is 4.00. The first kappa shape index (κ1) is 13.7. The van der Waals surface area contributed by atoms with Gasteiger partial charge in [-0.2, -0.15) is 0 Å². The minimum atomic E-state index is -1.10. The first-order valence-corrected chi connectivity index (χ1v) is 8.26. The van der Waals surface area contributed by atoms with Gasteiger partial charge in [-0.3, -0.25) is 4.21 Å². The molecule has 0 aliphatic carbocycles. The quantitative estimate of drug-likeness (QED) is 0.868. The van der Waals surface area contributed by atoms with E-state index < -0.39 is 10.8 Å². The van der Waals surface area contributed by atoms with Gasteiger partial charge in [0, 0.05) is 15.0 Å². The van der Waals surface area contributed by atoms with Crippen molar-refractivity contribution in [1.82, 2.24) is 4.98 Å². The number of aromatic nitrogens is 1. The van der Waals surface area contributed by atoms with Crippen molar-refractivity contribution in [2.45, 2.75) is 24.5 Å². The van der Waals surface area contributed by atoms with Crippen molar-refractivity contribution in [3.05, 3.63) is 38.3 Å². The van der Waals surface area contributed by atoms with E-state index in [1.165, 1.54) is 4.88 Å². The van der Waals surface area contributed by atoms with E-state index >= 15 is 0 Å². The molecule has 6 heteroatoms. The second-order valence-electron chi connectivity index (χ2n) is 3.93. The third-order valence-electron chi connectivity index (χ3n) is 2.53. The van der Waals surface area contributed by atoms with Crippen molar-refractivity contribution in [2.75, 3.05) is 5.73 Å². The molecular formula is C12H13BrN2OS2. The summed E-state index contributed by atoms with van der Waals surface area (Å²) in [6, 6.07) is 5.32. The van der Waals surface area contributed by atoms with Gasteiger partial charge in [-0.05, 0) is 48.0 Å². The highest BCUT2D eigenvalue weighted by Crippen LogP contribution is 2.26. The monoisotopic (exact) mass is 344 g/mol. The molecule has 0 aliphatic rings. The minimum absolute atomic E-state index is 0.446. The maximum absolute atomic E-state index is 12.3. The third kappa shape index (κ3) is 2.99. The summed E-state index contributed by atoms with van der Waals surface area (Å²) in [7, 11) is -1.10. The summed E-state index contributed by atoms with van der Waals surface area (Å²) in [4.78, 5) is 6.35. The maximum Gasteiger partial charge on any atom is 0.106 e. The average molecular weight is 345 g/mol. The van der Waals surface area contributed by atoms with Crippen molar-refractivity contribution in [1.29, 1.82) is 0 Å². The summed E-state index contributed by atoms with van der Waals surface area (Å²) in [5, 5.41) is 0.909. The Labute approximate surface area is 121 Å². The smallest absolute Gasteiger partial charge is 0.106 e. The Bertz CT molecular complexity index is 591. The first-order chi connectivity index (χ1) is 8.47. The Morgan fingerprint density at radius 3 is 2.72 bits per heavy atom. The van der Waals surface area contributed by atoms with E-state index in [1.54, 1.807) is 29.5 Å². The van der Waals surface area contributed by atoms with E-state index in [0.717, 1.165) is 20.1 Å². The van der Waals surface area contributed by atoms with Gasteiger partial charge in [-0.25, -0.2) is 4.98 Å². The van der Waals surface area contributed by atoms with E-state index in [0.29, 0.717) is 11.4 Å². The molecule has 1 unspecified atom stereocenters. The van der Waals surface area contributed by atoms with Gasteiger partial charge in [-0.15, -0.1) is 11.3 Å². The zero-order valence-electron chi connectivity index (χ0n) is 10.1. The van der Waals surface area contributed by atoms with Crippen LogP contribution in [-0.4, -0.2) is 9.19 Å². The molecule has 3 nitrogen and oxygen atoms in total. The number of halogens is 1. The molecule has 1 aromatic heterocycles. The third-order valence-corrected chi connectivity index (χ3v) is 6.08. The van der Waals surface area contributed by atoms with Crippen LogP contribution in [-0.2, 0) is 16.6 Å². The summed E-state index contributed by atoms with van der Waals surface area (Å²) >= 11 is 4.99. The number of nitrogens with two attached hydrogens (primary N) is 1. The average Bonchev–Trinajstić information content (AvgIpc) is 2.57. The Kier molecular flexibility index (Phi) is 4.19. The van der Waals surface area contributed by atoms with Crippen LogP contribution in [0.2, 0.25) is 0 Å². The van der Waals surface area contributed by atoms with Crippen molar-refractivity contribution in [3.63, 3.8) is 0 Å². The molecule has 2 rings (SSSR count). The normalized spacial score (nSPS) is 12.6. The molecule has 0 aliphatic heterocycles. The van der Waals surface area contributed by atoms with Crippen molar-refractivity contribution in [3.8, 4) is 0 Å². The van der Waals surface area contributed by atoms with E-state index in [2.05, 4.69) is 20.9 Å². The van der Waals surface area contributed by atoms with Crippen LogP contribution in [0.1, 0.15) is 15.6 Å². The highest BCUT2D eigenvalue weighted by atomic mass is 79.9. The molecule has 0 amide bonds. The van der Waals surface area contributed by atoms with Crippen molar-refractivity contribution in [2.24, 2.45) is 0 Å². The SMILES string of the molecule is Cc1nc(CS(=O)c2ccc(N)cc2Br)sc1C. The van der Waals surface area contributed by atoms with Gasteiger partial charge in [0.1, 0.15) is 5.01 Å². The Balaban J connectivity index is 2.22. The number of thiazole rings is 1. The van der Waals surface area contributed by atoms with E-state index in [4.69, 9.17) is 5.73 Å². The molecule has 2 aromatic rings. The van der Waals surface area contributed by atoms with Crippen molar-refractivity contribution < 1.29 is 4.21 Å². The van der Waals surface area contributed by atoms with Gasteiger partial charge in [0.2, 0.25) is 0 Å². The molecule has 2 N–H and O–H groups in total. The topological polar surface area (TPSA) is 56.0 Å². The van der Waals surface area contributed by atoms with Gasteiger partial charge < -0.3 is 5.73 Å².